The maximum absolute atomic E-state index is 11.8. The largest absolute Gasteiger partial charge is 0.383 e. The molecular weight excluding hydrogens is 383 g/mol. The molecule has 0 saturated heterocycles. The average Bonchev–Trinajstić information content (AvgIpc) is 2.46. The van der Waals surface area contributed by atoms with Crippen molar-refractivity contribution in [3.8, 4) is 0 Å². The van der Waals surface area contributed by atoms with Gasteiger partial charge in [-0.3, -0.25) is 4.79 Å². The Kier molecular flexibility index (Phi) is 11.6. The number of para-hydroxylation sites is 1. The van der Waals surface area contributed by atoms with Crippen molar-refractivity contribution in [2.75, 3.05) is 38.7 Å². The van der Waals surface area contributed by atoms with Gasteiger partial charge in [0.1, 0.15) is 6.54 Å². The lowest BCUT2D eigenvalue weighted by Gasteiger charge is -2.10. The summed E-state index contributed by atoms with van der Waals surface area (Å²) < 4.78 is 4.95. The first-order chi connectivity index (χ1) is 9.76. The molecule has 0 aliphatic heterocycles. The van der Waals surface area contributed by atoms with Crippen molar-refractivity contribution in [2.45, 2.75) is 6.92 Å². The smallest absolute Gasteiger partial charge is 0.246 e. The first-order valence-electron chi connectivity index (χ1n) is 6.62. The number of carbonyl (C=O) groups excluding carboxylic acids is 1. The number of hydrogen-bond acceptors (Lipinski definition) is 3. The van der Waals surface area contributed by atoms with Crippen molar-refractivity contribution in [2.24, 2.45) is 4.99 Å². The maximum Gasteiger partial charge on any atom is 0.246 e. The lowest BCUT2D eigenvalue weighted by Crippen LogP contribution is -2.39. The molecule has 21 heavy (non-hydrogen) atoms. The summed E-state index contributed by atoms with van der Waals surface area (Å²) in [5.41, 5.74) is 0.769. The van der Waals surface area contributed by atoms with Gasteiger partial charge in [0, 0.05) is 25.9 Å². The van der Waals surface area contributed by atoms with E-state index in [-0.39, 0.29) is 36.4 Å². The van der Waals surface area contributed by atoms with E-state index in [1.165, 1.54) is 0 Å². The summed E-state index contributed by atoms with van der Waals surface area (Å²) in [7, 11) is 1.64. The fraction of sp³-hybridized carbons (Fsp3) is 0.429. The van der Waals surface area contributed by atoms with Gasteiger partial charge < -0.3 is 20.7 Å². The van der Waals surface area contributed by atoms with E-state index in [9.17, 15) is 4.79 Å². The van der Waals surface area contributed by atoms with Gasteiger partial charge in [-0.1, -0.05) is 18.2 Å². The van der Waals surface area contributed by atoms with Gasteiger partial charge in [0.25, 0.3) is 0 Å². The number of methoxy groups -OCH3 is 1. The fourth-order valence-electron chi connectivity index (χ4n) is 1.49. The van der Waals surface area contributed by atoms with Crippen LogP contribution in [-0.2, 0) is 9.53 Å². The van der Waals surface area contributed by atoms with Crippen LogP contribution in [0.25, 0.3) is 0 Å². The molecule has 1 aromatic carbocycles. The highest BCUT2D eigenvalue weighted by Crippen LogP contribution is 2.04. The number of amides is 1. The molecule has 7 heteroatoms. The maximum atomic E-state index is 11.8. The Labute approximate surface area is 142 Å². The van der Waals surface area contributed by atoms with Crippen molar-refractivity contribution in [3.05, 3.63) is 30.3 Å². The average molecular weight is 406 g/mol. The van der Waals surface area contributed by atoms with Crippen LogP contribution < -0.4 is 16.0 Å². The first kappa shape index (κ1) is 19.7. The van der Waals surface area contributed by atoms with Crippen LogP contribution in [0.15, 0.2) is 35.3 Å². The van der Waals surface area contributed by atoms with Crippen LogP contribution in [-0.4, -0.2) is 45.2 Å². The van der Waals surface area contributed by atoms with E-state index in [0.717, 1.165) is 12.2 Å². The van der Waals surface area contributed by atoms with Gasteiger partial charge in [0.2, 0.25) is 5.91 Å². The first-order valence-corrected chi connectivity index (χ1v) is 6.62. The Bertz CT molecular complexity index is 426. The number of anilines is 1. The Morgan fingerprint density at radius 2 is 1.95 bits per heavy atom. The molecule has 0 spiro atoms. The number of guanidine groups is 1. The zero-order chi connectivity index (χ0) is 14.6. The van der Waals surface area contributed by atoms with Crippen molar-refractivity contribution in [1.82, 2.24) is 10.6 Å². The molecule has 0 aliphatic rings. The van der Waals surface area contributed by atoms with Crippen molar-refractivity contribution in [1.29, 1.82) is 0 Å². The Balaban J connectivity index is 0.00000400. The Hall–Kier alpha value is -1.35. The molecule has 3 N–H and O–H groups in total. The van der Waals surface area contributed by atoms with Gasteiger partial charge in [-0.15, -0.1) is 24.0 Å². The standard InChI is InChI=1S/C14H22N4O2.HI/c1-3-15-14(16-9-10-20-2)17-11-13(19)18-12-7-5-4-6-8-12;/h4-8H,3,9-11H2,1-2H3,(H,18,19)(H2,15,16,17);1H. The van der Waals surface area contributed by atoms with E-state index in [2.05, 4.69) is 20.9 Å². The number of aliphatic imine (C=N–C) groups is 1. The Morgan fingerprint density at radius 1 is 1.24 bits per heavy atom. The molecule has 0 unspecified atom stereocenters. The van der Waals surface area contributed by atoms with E-state index in [1.807, 2.05) is 37.3 Å². The fourth-order valence-corrected chi connectivity index (χ4v) is 1.49. The van der Waals surface area contributed by atoms with E-state index >= 15 is 0 Å². The van der Waals surface area contributed by atoms with Crippen LogP contribution in [0.2, 0.25) is 0 Å². The zero-order valence-corrected chi connectivity index (χ0v) is 14.7. The lowest BCUT2D eigenvalue weighted by molar-refractivity contribution is -0.114. The van der Waals surface area contributed by atoms with Crippen LogP contribution in [0.4, 0.5) is 5.69 Å². The monoisotopic (exact) mass is 406 g/mol. The third kappa shape index (κ3) is 9.24. The quantitative estimate of drug-likeness (QED) is 0.277. The number of hydrogen-bond donors (Lipinski definition) is 3. The highest BCUT2D eigenvalue weighted by atomic mass is 127. The minimum Gasteiger partial charge on any atom is -0.383 e. The van der Waals surface area contributed by atoms with Gasteiger partial charge in [-0.2, -0.15) is 0 Å². The minimum absolute atomic E-state index is 0. The zero-order valence-electron chi connectivity index (χ0n) is 12.4. The van der Waals surface area contributed by atoms with Gasteiger partial charge in [0.15, 0.2) is 5.96 Å². The molecule has 0 fully saturated rings. The van der Waals surface area contributed by atoms with Gasteiger partial charge in [0.05, 0.1) is 6.61 Å². The number of carbonyl (C=O) groups is 1. The highest BCUT2D eigenvalue weighted by Gasteiger charge is 2.02. The molecule has 1 rings (SSSR count). The molecule has 0 aromatic heterocycles. The summed E-state index contributed by atoms with van der Waals surface area (Å²) in [6, 6.07) is 9.31. The number of nitrogens with zero attached hydrogens (tertiary/aromatic N) is 1. The summed E-state index contributed by atoms with van der Waals surface area (Å²) >= 11 is 0. The second-order valence-corrected chi connectivity index (χ2v) is 4.03. The predicted octanol–water partition coefficient (Wildman–Crippen LogP) is 1.44. The predicted molar refractivity (Wildman–Crippen MR) is 96.3 cm³/mol. The van der Waals surface area contributed by atoms with Crippen LogP contribution in [0.3, 0.4) is 0 Å². The summed E-state index contributed by atoms with van der Waals surface area (Å²) in [6.45, 7) is 4.00. The number of rotatable bonds is 7. The molecule has 0 bridgehead atoms. The lowest BCUT2D eigenvalue weighted by atomic mass is 10.3. The van der Waals surface area contributed by atoms with Crippen molar-refractivity contribution < 1.29 is 9.53 Å². The van der Waals surface area contributed by atoms with Crippen LogP contribution >= 0.6 is 24.0 Å². The molecular formula is C14H23IN4O2. The van der Waals surface area contributed by atoms with Gasteiger partial charge >= 0.3 is 0 Å². The molecule has 0 heterocycles. The SMILES string of the molecule is CCNC(=NCC(=O)Nc1ccccc1)NCCOC.I. The van der Waals surface area contributed by atoms with E-state index < -0.39 is 0 Å². The molecule has 118 valence electrons. The Morgan fingerprint density at radius 3 is 2.57 bits per heavy atom. The molecule has 1 amide bonds. The normalized spacial score (nSPS) is 10.5. The highest BCUT2D eigenvalue weighted by molar-refractivity contribution is 14.0. The number of ether oxygens (including phenoxy) is 1. The van der Waals surface area contributed by atoms with E-state index in [1.54, 1.807) is 7.11 Å². The molecule has 1 aromatic rings. The third-order valence-corrected chi connectivity index (χ3v) is 2.38. The molecule has 0 saturated carbocycles. The van der Waals surface area contributed by atoms with Crippen molar-refractivity contribution >= 4 is 41.5 Å². The summed E-state index contributed by atoms with van der Waals surface area (Å²) in [4.78, 5) is 16.0. The van der Waals surface area contributed by atoms with Crippen LogP contribution in [0.5, 0.6) is 0 Å². The molecule has 0 radical (unpaired) electrons. The van der Waals surface area contributed by atoms with Crippen LogP contribution in [0, 0.1) is 0 Å². The molecule has 6 nitrogen and oxygen atoms in total. The summed E-state index contributed by atoms with van der Waals surface area (Å²) in [5, 5.41) is 8.92. The van der Waals surface area contributed by atoms with Gasteiger partial charge in [-0.25, -0.2) is 4.99 Å². The van der Waals surface area contributed by atoms with E-state index in [4.69, 9.17) is 4.74 Å². The van der Waals surface area contributed by atoms with Crippen molar-refractivity contribution in [3.63, 3.8) is 0 Å². The minimum atomic E-state index is -0.153. The van der Waals surface area contributed by atoms with Crippen LogP contribution in [0.1, 0.15) is 6.92 Å². The number of halogens is 1. The summed E-state index contributed by atoms with van der Waals surface area (Å²) in [5.74, 6) is 0.452. The summed E-state index contributed by atoms with van der Waals surface area (Å²) in [6.07, 6.45) is 0. The number of benzene rings is 1. The second-order valence-electron chi connectivity index (χ2n) is 4.03. The number of nitrogens with one attached hydrogen (secondary N) is 3. The van der Waals surface area contributed by atoms with Gasteiger partial charge in [-0.05, 0) is 19.1 Å². The molecule has 0 atom stereocenters. The molecule has 0 aliphatic carbocycles. The third-order valence-electron chi connectivity index (χ3n) is 2.38. The van der Waals surface area contributed by atoms with E-state index in [0.29, 0.717) is 19.1 Å². The topological polar surface area (TPSA) is 74.8 Å². The second kappa shape index (κ2) is 12.4.